The molecule has 0 bridgehead atoms. The molecular weight excluding hydrogens is 337 g/mol. The number of para-hydroxylation sites is 1. The van der Waals surface area contributed by atoms with Gasteiger partial charge in [-0.1, -0.05) is 19.1 Å². The topological polar surface area (TPSA) is 81.9 Å². The summed E-state index contributed by atoms with van der Waals surface area (Å²) in [6.45, 7) is 1.97. The number of benzene rings is 1. The van der Waals surface area contributed by atoms with E-state index in [2.05, 4.69) is 20.4 Å². The monoisotopic (exact) mass is 355 g/mol. The van der Waals surface area contributed by atoms with Gasteiger partial charge >= 0.3 is 0 Å². The number of halogens is 1. The minimum Gasteiger partial charge on any atom is -0.480 e. The Morgan fingerprint density at radius 1 is 1.27 bits per heavy atom. The van der Waals surface area contributed by atoms with Crippen LogP contribution in [0.25, 0.3) is 5.69 Å². The minimum absolute atomic E-state index is 0.0531. The molecule has 0 unspecified atom stereocenters. The van der Waals surface area contributed by atoms with Crippen LogP contribution in [0.2, 0.25) is 0 Å². The second-order valence-corrected chi connectivity index (χ2v) is 5.48. The minimum atomic E-state index is -0.524. The largest absolute Gasteiger partial charge is 0.480 e. The number of hydrogen-bond donors (Lipinski definition) is 1. The Hall–Kier alpha value is -3.29. The first-order chi connectivity index (χ1) is 12.6. The van der Waals surface area contributed by atoms with Crippen molar-refractivity contribution in [2.45, 2.75) is 19.8 Å². The number of aryl methyl sites for hydroxylation is 1. The summed E-state index contributed by atoms with van der Waals surface area (Å²) in [5.74, 6) is -0.217. The summed E-state index contributed by atoms with van der Waals surface area (Å²) in [6.07, 6.45) is 2.90. The third kappa shape index (κ3) is 3.53. The molecule has 0 aliphatic heterocycles. The van der Waals surface area contributed by atoms with Gasteiger partial charge in [0.05, 0.1) is 7.11 Å². The van der Waals surface area contributed by atoms with Gasteiger partial charge in [-0.2, -0.15) is 0 Å². The van der Waals surface area contributed by atoms with Gasteiger partial charge in [-0.15, -0.1) is 5.10 Å². The molecule has 8 heteroatoms. The summed E-state index contributed by atoms with van der Waals surface area (Å²) >= 11 is 0. The lowest BCUT2D eigenvalue weighted by atomic mass is 10.3. The van der Waals surface area contributed by atoms with Gasteiger partial charge < -0.3 is 10.1 Å². The van der Waals surface area contributed by atoms with E-state index < -0.39 is 11.7 Å². The van der Waals surface area contributed by atoms with Crippen molar-refractivity contribution in [3.05, 3.63) is 60.1 Å². The molecule has 0 fully saturated rings. The second-order valence-electron chi connectivity index (χ2n) is 5.48. The van der Waals surface area contributed by atoms with Gasteiger partial charge in [0, 0.05) is 12.6 Å². The number of ether oxygens (including phenoxy) is 1. The van der Waals surface area contributed by atoms with Gasteiger partial charge in [0.1, 0.15) is 23.0 Å². The van der Waals surface area contributed by atoms with Crippen LogP contribution in [-0.4, -0.2) is 32.8 Å². The first-order valence-electron chi connectivity index (χ1n) is 8.15. The van der Waals surface area contributed by atoms with Crippen LogP contribution >= 0.6 is 0 Å². The Labute approximate surface area is 149 Å². The van der Waals surface area contributed by atoms with Crippen LogP contribution in [0.5, 0.6) is 5.88 Å². The van der Waals surface area contributed by atoms with Gasteiger partial charge in [0.15, 0.2) is 0 Å². The Kier molecular flexibility index (Phi) is 5.21. The zero-order valence-electron chi connectivity index (χ0n) is 14.4. The van der Waals surface area contributed by atoms with E-state index >= 15 is 0 Å². The van der Waals surface area contributed by atoms with E-state index in [0.29, 0.717) is 17.9 Å². The van der Waals surface area contributed by atoms with E-state index in [1.54, 1.807) is 36.5 Å². The highest BCUT2D eigenvalue weighted by Gasteiger charge is 2.20. The van der Waals surface area contributed by atoms with Gasteiger partial charge in [0.2, 0.25) is 11.7 Å². The molecule has 0 saturated heterocycles. The van der Waals surface area contributed by atoms with Gasteiger partial charge in [0.25, 0.3) is 5.91 Å². The number of nitrogens with zero attached hydrogens (tertiary/aromatic N) is 4. The molecule has 7 nitrogen and oxygen atoms in total. The third-order valence-corrected chi connectivity index (χ3v) is 3.64. The number of methoxy groups -OCH3 is 1. The number of nitrogens with one attached hydrogen (secondary N) is 1. The average molecular weight is 355 g/mol. The second kappa shape index (κ2) is 7.73. The molecule has 1 N–H and O–H groups in total. The van der Waals surface area contributed by atoms with Gasteiger partial charge in [-0.05, 0) is 30.7 Å². The van der Waals surface area contributed by atoms with E-state index in [4.69, 9.17) is 4.74 Å². The van der Waals surface area contributed by atoms with E-state index in [9.17, 15) is 9.18 Å². The molecule has 26 heavy (non-hydrogen) atoms. The summed E-state index contributed by atoms with van der Waals surface area (Å²) in [5.41, 5.74) is 0.653. The number of carbonyl (C=O) groups excluding carboxylic acids is 1. The van der Waals surface area contributed by atoms with Crippen molar-refractivity contribution in [3.63, 3.8) is 0 Å². The van der Waals surface area contributed by atoms with Crippen molar-refractivity contribution >= 4 is 11.6 Å². The van der Waals surface area contributed by atoms with Crippen molar-refractivity contribution in [1.29, 1.82) is 0 Å². The standard InChI is InChI=1S/C18H18FN5O2/c1-3-7-15-22-16(23-24(15)14-10-5-4-8-12(14)19)17(25)21-13-9-6-11-20-18(13)26-2/h4-6,8-11H,3,7H2,1-2H3,(H,21,25). The number of aromatic nitrogens is 4. The van der Waals surface area contributed by atoms with Crippen molar-refractivity contribution in [3.8, 4) is 11.6 Å². The average Bonchev–Trinajstić information content (AvgIpc) is 3.07. The van der Waals surface area contributed by atoms with E-state index in [-0.39, 0.29) is 17.4 Å². The number of amides is 1. The quantitative estimate of drug-likeness (QED) is 0.735. The predicted octanol–water partition coefficient (Wildman–Crippen LogP) is 3.01. The maximum Gasteiger partial charge on any atom is 0.295 e. The maximum absolute atomic E-state index is 14.1. The zero-order valence-corrected chi connectivity index (χ0v) is 14.4. The van der Waals surface area contributed by atoms with Crippen molar-refractivity contribution in [2.24, 2.45) is 0 Å². The molecule has 0 saturated carbocycles. The number of hydrogen-bond acceptors (Lipinski definition) is 5. The van der Waals surface area contributed by atoms with Crippen LogP contribution in [0.4, 0.5) is 10.1 Å². The number of carbonyl (C=O) groups is 1. The summed E-state index contributed by atoms with van der Waals surface area (Å²) in [4.78, 5) is 20.8. The molecule has 134 valence electrons. The van der Waals surface area contributed by atoms with Gasteiger partial charge in [-0.3, -0.25) is 4.79 Å². The fourth-order valence-electron chi connectivity index (χ4n) is 2.47. The fourth-order valence-corrected chi connectivity index (χ4v) is 2.47. The lowest BCUT2D eigenvalue weighted by Crippen LogP contribution is -2.15. The molecule has 0 spiro atoms. The fraction of sp³-hybridized carbons (Fsp3) is 0.222. The summed E-state index contributed by atoms with van der Waals surface area (Å²) in [5, 5.41) is 6.87. The smallest absolute Gasteiger partial charge is 0.295 e. The van der Waals surface area contributed by atoms with Crippen LogP contribution in [0.3, 0.4) is 0 Å². The van der Waals surface area contributed by atoms with Crippen molar-refractivity contribution in [1.82, 2.24) is 19.7 Å². The highest BCUT2D eigenvalue weighted by atomic mass is 19.1. The Balaban J connectivity index is 1.94. The van der Waals surface area contributed by atoms with E-state index in [1.165, 1.54) is 17.9 Å². The molecule has 2 heterocycles. The number of rotatable bonds is 6. The van der Waals surface area contributed by atoms with E-state index in [0.717, 1.165) is 6.42 Å². The Bertz CT molecular complexity index is 925. The molecular formula is C18H18FN5O2. The van der Waals surface area contributed by atoms with Gasteiger partial charge in [-0.25, -0.2) is 19.0 Å². The summed E-state index contributed by atoms with van der Waals surface area (Å²) in [7, 11) is 1.46. The molecule has 3 rings (SSSR count). The van der Waals surface area contributed by atoms with Crippen LogP contribution in [0, 0.1) is 5.82 Å². The summed E-state index contributed by atoms with van der Waals surface area (Å²) in [6, 6.07) is 9.56. The molecule has 0 aliphatic rings. The molecule has 2 aromatic heterocycles. The SMILES string of the molecule is CCCc1nc(C(=O)Nc2cccnc2OC)nn1-c1ccccc1F. The highest BCUT2D eigenvalue weighted by Crippen LogP contribution is 2.21. The van der Waals surface area contributed by atoms with Crippen LogP contribution in [0.1, 0.15) is 29.8 Å². The van der Waals surface area contributed by atoms with Crippen LogP contribution < -0.4 is 10.1 Å². The lowest BCUT2D eigenvalue weighted by molar-refractivity contribution is 0.101. The molecule has 0 radical (unpaired) electrons. The third-order valence-electron chi connectivity index (χ3n) is 3.64. The molecule has 1 aromatic carbocycles. The van der Waals surface area contributed by atoms with Crippen molar-refractivity contribution in [2.75, 3.05) is 12.4 Å². The lowest BCUT2D eigenvalue weighted by Gasteiger charge is -2.06. The first-order valence-corrected chi connectivity index (χ1v) is 8.15. The molecule has 0 aliphatic carbocycles. The Morgan fingerprint density at radius 3 is 2.81 bits per heavy atom. The zero-order chi connectivity index (χ0) is 18.5. The highest BCUT2D eigenvalue weighted by molar-refractivity contribution is 6.02. The summed E-state index contributed by atoms with van der Waals surface area (Å²) < 4.78 is 20.6. The molecule has 1 amide bonds. The van der Waals surface area contributed by atoms with Crippen molar-refractivity contribution < 1.29 is 13.9 Å². The van der Waals surface area contributed by atoms with E-state index in [1.807, 2.05) is 6.92 Å². The molecule has 3 aromatic rings. The maximum atomic E-state index is 14.1. The number of pyridine rings is 1. The molecule has 0 atom stereocenters. The number of anilines is 1. The first kappa shape index (κ1) is 17.5. The van der Waals surface area contributed by atoms with Crippen LogP contribution in [0.15, 0.2) is 42.6 Å². The van der Waals surface area contributed by atoms with Crippen LogP contribution in [-0.2, 0) is 6.42 Å². The normalized spacial score (nSPS) is 10.6. The Morgan fingerprint density at radius 2 is 2.08 bits per heavy atom. The predicted molar refractivity (Wildman–Crippen MR) is 94.1 cm³/mol.